The zero-order chi connectivity index (χ0) is 18.8. The Kier molecular flexibility index (Phi) is 5.14. The number of halogens is 1. The molecule has 2 aromatic carbocycles. The first-order valence-electron chi connectivity index (χ1n) is 9.27. The molecule has 0 unspecified atom stereocenters. The maximum absolute atomic E-state index is 10.2. The summed E-state index contributed by atoms with van der Waals surface area (Å²) in [6.45, 7) is 2.02. The summed E-state index contributed by atoms with van der Waals surface area (Å²) in [5.74, 6) is 2.09. The van der Waals surface area contributed by atoms with Crippen LogP contribution in [0.3, 0.4) is 0 Å². The highest BCUT2D eigenvalue weighted by atomic mass is 35.5. The van der Waals surface area contributed by atoms with E-state index < -0.39 is 0 Å². The summed E-state index contributed by atoms with van der Waals surface area (Å²) in [7, 11) is 0. The quantitative estimate of drug-likeness (QED) is 0.704. The van der Waals surface area contributed by atoms with Gasteiger partial charge >= 0.3 is 0 Å². The molecule has 2 N–H and O–H groups in total. The van der Waals surface area contributed by atoms with Crippen LogP contribution in [0.15, 0.2) is 42.5 Å². The average Bonchev–Trinajstić information content (AvgIpc) is 2.68. The van der Waals surface area contributed by atoms with E-state index >= 15 is 0 Å². The van der Waals surface area contributed by atoms with Crippen molar-refractivity contribution in [3.8, 4) is 17.1 Å². The summed E-state index contributed by atoms with van der Waals surface area (Å²) in [6, 6.07) is 12.8. The highest BCUT2D eigenvalue weighted by molar-refractivity contribution is 6.31. The number of nitrogens with zero attached hydrogens (tertiary/aromatic N) is 3. The number of hydrogen-bond acceptors (Lipinski definition) is 5. The molecule has 0 spiro atoms. The van der Waals surface area contributed by atoms with Crippen molar-refractivity contribution >= 4 is 28.3 Å². The van der Waals surface area contributed by atoms with Crippen molar-refractivity contribution in [1.29, 1.82) is 0 Å². The lowest BCUT2D eigenvalue weighted by Crippen LogP contribution is -2.34. The van der Waals surface area contributed by atoms with E-state index in [1.54, 1.807) is 12.1 Å². The Hall–Kier alpha value is -2.37. The molecule has 1 fully saturated rings. The normalized spacial score (nSPS) is 15.4. The monoisotopic (exact) mass is 383 g/mol. The van der Waals surface area contributed by atoms with E-state index in [1.165, 1.54) is 0 Å². The summed E-state index contributed by atoms with van der Waals surface area (Å²) >= 11 is 6.19. The van der Waals surface area contributed by atoms with Gasteiger partial charge in [0, 0.05) is 30.1 Å². The number of phenolic OH excluding ortho intramolecular Hbond substituents is 1. The van der Waals surface area contributed by atoms with Crippen molar-refractivity contribution in [3.63, 3.8) is 0 Å². The second kappa shape index (κ2) is 7.71. The van der Waals surface area contributed by atoms with Crippen molar-refractivity contribution in [2.24, 2.45) is 5.92 Å². The lowest BCUT2D eigenvalue weighted by atomic mass is 9.94. The number of anilines is 1. The molecule has 0 saturated carbocycles. The molecule has 0 amide bonds. The van der Waals surface area contributed by atoms with Gasteiger partial charge in [-0.15, -0.1) is 0 Å². The van der Waals surface area contributed by atoms with Crippen LogP contribution in [-0.4, -0.2) is 39.9 Å². The minimum atomic E-state index is 0.159. The highest BCUT2D eigenvalue weighted by Gasteiger charge is 2.23. The number of para-hydroxylation sites is 1. The Labute approximate surface area is 163 Å². The van der Waals surface area contributed by atoms with Crippen LogP contribution in [0.25, 0.3) is 22.3 Å². The van der Waals surface area contributed by atoms with E-state index in [1.807, 2.05) is 30.3 Å². The summed E-state index contributed by atoms with van der Waals surface area (Å²) in [5, 5.41) is 21.0. The molecule has 0 bridgehead atoms. The second-order valence-electron chi connectivity index (χ2n) is 6.99. The zero-order valence-electron chi connectivity index (χ0n) is 15.0. The Morgan fingerprint density at radius 2 is 1.85 bits per heavy atom. The topological polar surface area (TPSA) is 69.5 Å². The minimum Gasteiger partial charge on any atom is -0.507 e. The number of aliphatic hydroxyl groups is 1. The number of phenols is 1. The van der Waals surface area contributed by atoms with Gasteiger partial charge in [-0.25, -0.2) is 9.97 Å². The van der Waals surface area contributed by atoms with Gasteiger partial charge in [-0.1, -0.05) is 23.7 Å². The van der Waals surface area contributed by atoms with Gasteiger partial charge in [-0.2, -0.15) is 0 Å². The minimum absolute atomic E-state index is 0.159. The third kappa shape index (κ3) is 3.70. The second-order valence-corrected chi connectivity index (χ2v) is 7.43. The smallest absolute Gasteiger partial charge is 0.165 e. The summed E-state index contributed by atoms with van der Waals surface area (Å²) in [5.41, 5.74) is 1.37. The molecule has 6 heteroatoms. The predicted molar refractivity (Wildman–Crippen MR) is 108 cm³/mol. The number of hydrogen-bond donors (Lipinski definition) is 2. The fourth-order valence-corrected chi connectivity index (χ4v) is 3.89. The van der Waals surface area contributed by atoms with Gasteiger partial charge in [0.2, 0.25) is 0 Å². The number of aromatic nitrogens is 2. The van der Waals surface area contributed by atoms with E-state index in [0.29, 0.717) is 22.3 Å². The summed E-state index contributed by atoms with van der Waals surface area (Å²) < 4.78 is 0. The molecular formula is C21H22ClN3O2. The molecule has 0 radical (unpaired) electrons. The third-order valence-electron chi connectivity index (χ3n) is 5.24. The van der Waals surface area contributed by atoms with Crippen molar-refractivity contribution in [1.82, 2.24) is 9.97 Å². The Morgan fingerprint density at radius 1 is 1.07 bits per heavy atom. The number of piperidine rings is 1. The van der Waals surface area contributed by atoms with Crippen LogP contribution in [0, 0.1) is 5.92 Å². The number of rotatable bonds is 4. The number of aliphatic hydroxyl groups excluding tert-OH is 1. The van der Waals surface area contributed by atoms with E-state index in [2.05, 4.69) is 9.88 Å². The molecule has 0 aliphatic carbocycles. The van der Waals surface area contributed by atoms with Gasteiger partial charge < -0.3 is 15.1 Å². The van der Waals surface area contributed by atoms with Crippen LogP contribution < -0.4 is 4.90 Å². The third-order valence-corrected chi connectivity index (χ3v) is 5.47. The number of aromatic hydroxyl groups is 1. The molecule has 0 atom stereocenters. The van der Waals surface area contributed by atoms with E-state index in [-0.39, 0.29) is 12.4 Å². The lowest BCUT2D eigenvalue weighted by molar-refractivity contribution is 0.240. The Morgan fingerprint density at radius 3 is 2.59 bits per heavy atom. The fourth-order valence-electron chi connectivity index (χ4n) is 3.73. The highest BCUT2D eigenvalue weighted by Crippen LogP contribution is 2.34. The van der Waals surface area contributed by atoms with Crippen molar-refractivity contribution < 1.29 is 10.2 Å². The van der Waals surface area contributed by atoms with Crippen molar-refractivity contribution in [3.05, 3.63) is 47.5 Å². The van der Waals surface area contributed by atoms with Gasteiger partial charge in [0.15, 0.2) is 5.82 Å². The Bertz CT molecular complexity index is 955. The van der Waals surface area contributed by atoms with Crippen LogP contribution >= 0.6 is 11.6 Å². The van der Waals surface area contributed by atoms with Crippen molar-refractivity contribution in [2.75, 3.05) is 24.6 Å². The standard InChI is InChI=1S/C21H22ClN3O2/c22-15-5-6-16-18(13-15)23-20(17-3-1-2-4-19(17)27)24-21(16)25-10-7-14(8-11-25)9-12-26/h1-6,13-14,26-27H,7-12H2. The van der Waals surface area contributed by atoms with Gasteiger partial charge in [0.25, 0.3) is 0 Å². The first-order chi connectivity index (χ1) is 13.2. The maximum Gasteiger partial charge on any atom is 0.165 e. The molecule has 1 aromatic heterocycles. The Balaban J connectivity index is 1.78. The number of fused-ring (bicyclic) bond motifs is 1. The SMILES string of the molecule is OCCC1CCN(c2nc(-c3ccccc3O)nc3cc(Cl)ccc23)CC1. The first kappa shape index (κ1) is 18.0. The van der Waals surface area contributed by atoms with Gasteiger partial charge in [0.05, 0.1) is 11.1 Å². The zero-order valence-corrected chi connectivity index (χ0v) is 15.7. The molecule has 1 saturated heterocycles. The molecule has 2 heterocycles. The average molecular weight is 384 g/mol. The van der Waals surface area contributed by atoms with Gasteiger partial charge in [-0.05, 0) is 55.5 Å². The van der Waals surface area contributed by atoms with E-state index in [9.17, 15) is 10.2 Å². The van der Waals surface area contributed by atoms with Crippen LogP contribution in [0.1, 0.15) is 19.3 Å². The number of benzene rings is 2. The molecule has 3 aromatic rings. The molecule has 5 nitrogen and oxygen atoms in total. The molecular weight excluding hydrogens is 362 g/mol. The summed E-state index contributed by atoms with van der Waals surface area (Å²) in [4.78, 5) is 11.7. The van der Waals surface area contributed by atoms with Crippen LogP contribution in [0.4, 0.5) is 5.82 Å². The van der Waals surface area contributed by atoms with Crippen molar-refractivity contribution in [2.45, 2.75) is 19.3 Å². The van der Waals surface area contributed by atoms with Gasteiger partial charge in [0.1, 0.15) is 11.6 Å². The molecule has 27 heavy (non-hydrogen) atoms. The van der Waals surface area contributed by atoms with Crippen LogP contribution in [0.2, 0.25) is 5.02 Å². The van der Waals surface area contributed by atoms with Gasteiger partial charge in [-0.3, -0.25) is 0 Å². The van der Waals surface area contributed by atoms with Crippen LogP contribution in [0.5, 0.6) is 5.75 Å². The first-order valence-corrected chi connectivity index (χ1v) is 9.65. The fraction of sp³-hybridized carbons (Fsp3) is 0.333. The molecule has 4 rings (SSSR count). The molecule has 140 valence electrons. The largest absolute Gasteiger partial charge is 0.507 e. The van der Waals surface area contributed by atoms with E-state index in [4.69, 9.17) is 16.6 Å². The van der Waals surface area contributed by atoms with Crippen LogP contribution in [-0.2, 0) is 0 Å². The lowest BCUT2D eigenvalue weighted by Gasteiger charge is -2.33. The molecule has 1 aliphatic rings. The summed E-state index contributed by atoms with van der Waals surface area (Å²) in [6.07, 6.45) is 2.92. The predicted octanol–water partition coefficient (Wildman–Crippen LogP) is 4.25. The maximum atomic E-state index is 10.2. The van der Waals surface area contributed by atoms with E-state index in [0.717, 1.165) is 49.1 Å². The molecule has 1 aliphatic heterocycles.